The molecule has 0 saturated carbocycles. The molecule has 0 radical (unpaired) electrons. The van der Waals surface area contributed by atoms with E-state index < -0.39 is 0 Å². The van der Waals surface area contributed by atoms with Crippen molar-refractivity contribution in [2.24, 2.45) is 0 Å². The lowest BCUT2D eigenvalue weighted by Gasteiger charge is -2.22. The maximum atomic E-state index is 2.42. The Bertz CT molecular complexity index is 2960. The van der Waals surface area contributed by atoms with Gasteiger partial charge in [-0.1, -0.05) is 206 Å². The van der Waals surface area contributed by atoms with Crippen LogP contribution in [0.4, 0.5) is 0 Å². The summed E-state index contributed by atoms with van der Waals surface area (Å²) >= 11 is 0. The molecule has 0 aromatic heterocycles. The molecule has 10 aromatic carbocycles. The van der Waals surface area contributed by atoms with E-state index in [4.69, 9.17) is 0 Å². The molecule has 1 unspecified atom stereocenters. The molecule has 0 heterocycles. The molecule has 258 valence electrons. The van der Waals surface area contributed by atoms with E-state index in [0.717, 1.165) is 0 Å². The van der Waals surface area contributed by atoms with Crippen molar-refractivity contribution in [2.45, 2.75) is 5.92 Å². The molecule has 0 saturated heterocycles. The second kappa shape index (κ2) is 14.1. The van der Waals surface area contributed by atoms with Crippen LogP contribution in [0.5, 0.6) is 0 Å². The van der Waals surface area contributed by atoms with E-state index in [9.17, 15) is 0 Å². The van der Waals surface area contributed by atoms with Gasteiger partial charge in [0.1, 0.15) is 0 Å². The quantitative estimate of drug-likeness (QED) is 0.145. The summed E-state index contributed by atoms with van der Waals surface area (Å²) in [4.78, 5) is 0. The van der Waals surface area contributed by atoms with Crippen molar-refractivity contribution in [3.8, 4) is 44.5 Å². The summed E-state index contributed by atoms with van der Waals surface area (Å²) in [6, 6.07) is 82.6. The van der Waals surface area contributed by atoms with Gasteiger partial charge < -0.3 is 0 Å². The molecule has 0 bridgehead atoms. The van der Waals surface area contributed by atoms with Crippen molar-refractivity contribution >= 4 is 32.3 Å². The summed E-state index contributed by atoms with van der Waals surface area (Å²) < 4.78 is 0. The third-order valence-electron chi connectivity index (χ3n) is 11.1. The Labute approximate surface area is 322 Å². The summed E-state index contributed by atoms with van der Waals surface area (Å²) in [6.07, 6.45) is 0. The predicted molar refractivity (Wildman–Crippen MR) is 235 cm³/mol. The van der Waals surface area contributed by atoms with Crippen molar-refractivity contribution in [2.75, 3.05) is 0 Å². The molecular weight excluding hydrogens is 661 g/mol. The normalized spacial score (nSPS) is 11.9. The molecule has 0 aliphatic carbocycles. The lowest BCUT2D eigenvalue weighted by molar-refractivity contribution is 0.984. The van der Waals surface area contributed by atoms with E-state index in [0.29, 0.717) is 0 Å². The third kappa shape index (κ3) is 6.49. The van der Waals surface area contributed by atoms with Crippen LogP contribution in [0.15, 0.2) is 224 Å². The van der Waals surface area contributed by atoms with Crippen LogP contribution in [0.25, 0.3) is 76.8 Å². The van der Waals surface area contributed by atoms with Crippen LogP contribution < -0.4 is 0 Å². The van der Waals surface area contributed by atoms with Gasteiger partial charge in [-0.3, -0.25) is 0 Å². The molecule has 0 heteroatoms. The Morgan fingerprint density at radius 2 is 0.545 bits per heavy atom. The van der Waals surface area contributed by atoms with E-state index in [2.05, 4.69) is 224 Å². The molecule has 0 nitrogen and oxygen atoms in total. The molecule has 0 amide bonds. The van der Waals surface area contributed by atoms with Crippen molar-refractivity contribution in [1.82, 2.24) is 0 Å². The summed E-state index contributed by atoms with van der Waals surface area (Å²) in [7, 11) is 0. The van der Waals surface area contributed by atoms with Gasteiger partial charge in [0.05, 0.1) is 0 Å². The fourth-order valence-corrected chi connectivity index (χ4v) is 8.23. The van der Waals surface area contributed by atoms with Gasteiger partial charge in [-0.25, -0.2) is 0 Å². The van der Waals surface area contributed by atoms with Gasteiger partial charge in [-0.2, -0.15) is 0 Å². The van der Waals surface area contributed by atoms with Gasteiger partial charge in [0.2, 0.25) is 0 Å². The van der Waals surface area contributed by atoms with Crippen LogP contribution in [0.3, 0.4) is 0 Å². The van der Waals surface area contributed by atoms with Gasteiger partial charge in [-0.05, 0) is 112 Å². The Morgan fingerprint density at radius 1 is 0.182 bits per heavy atom. The van der Waals surface area contributed by atoms with Crippen molar-refractivity contribution in [1.29, 1.82) is 0 Å². The van der Waals surface area contributed by atoms with Crippen LogP contribution in [0, 0.1) is 0 Å². The summed E-state index contributed by atoms with van der Waals surface area (Å²) in [6.45, 7) is 0. The van der Waals surface area contributed by atoms with Crippen LogP contribution in [0.2, 0.25) is 0 Å². The first kappa shape index (κ1) is 32.6. The molecule has 1 atom stereocenters. The average Bonchev–Trinajstić information content (AvgIpc) is 3.26. The standard InChI is InChI=1S/C55H38/c1-3-11-38(12-4-1)42-19-21-43(22-20-42)53-35-52(39-13-5-2-6-14-39)36-54(37-53)55(49-29-25-41-16-8-10-18-46(41)32-49)50-30-26-44-24-28-48(33-51(44)34-50)47-27-23-40-15-7-9-17-45(40)31-47/h1-37,55H. The summed E-state index contributed by atoms with van der Waals surface area (Å²) in [5.41, 5.74) is 13.6. The largest absolute Gasteiger partial charge is 0.0622 e. The molecule has 0 aliphatic rings. The molecule has 0 aliphatic heterocycles. The highest BCUT2D eigenvalue weighted by Crippen LogP contribution is 2.40. The predicted octanol–water partition coefficient (Wildman–Crippen LogP) is 15.0. The van der Waals surface area contributed by atoms with Gasteiger partial charge in [0.25, 0.3) is 0 Å². The van der Waals surface area contributed by atoms with Gasteiger partial charge in [-0.15, -0.1) is 0 Å². The monoisotopic (exact) mass is 698 g/mol. The number of benzene rings is 10. The summed E-state index contributed by atoms with van der Waals surface area (Å²) in [5, 5.41) is 7.50. The highest BCUT2D eigenvalue weighted by molar-refractivity contribution is 5.92. The van der Waals surface area contributed by atoms with Crippen LogP contribution in [-0.2, 0) is 0 Å². The van der Waals surface area contributed by atoms with E-state index >= 15 is 0 Å². The Hall–Kier alpha value is -7.02. The first-order chi connectivity index (χ1) is 27.2. The Balaban J connectivity index is 1.15. The molecule has 0 fully saturated rings. The first-order valence-electron chi connectivity index (χ1n) is 19.1. The zero-order valence-electron chi connectivity index (χ0n) is 30.4. The Kier molecular flexibility index (Phi) is 8.35. The van der Waals surface area contributed by atoms with Gasteiger partial charge in [0.15, 0.2) is 0 Å². The molecule has 0 spiro atoms. The molecule has 10 rings (SSSR count). The van der Waals surface area contributed by atoms with E-state index in [1.165, 1.54) is 93.5 Å². The van der Waals surface area contributed by atoms with Gasteiger partial charge >= 0.3 is 0 Å². The van der Waals surface area contributed by atoms with Crippen LogP contribution in [0.1, 0.15) is 22.6 Å². The zero-order chi connectivity index (χ0) is 36.6. The smallest absolute Gasteiger partial charge is 0.0340 e. The second-order valence-electron chi connectivity index (χ2n) is 14.6. The van der Waals surface area contributed by atoms with Gasteiger partial charge in [0, 0.05) is 5.92 Å². The summed E-state index contributed by atoms with van der Waals surface area (Å²) in [5.74, 6) is 0.00401. The van der Waals surface area contributed by atoms with Crippen LogP contribution in [-0.4, -0.2) is 0 Å². The number of hydrogen-bond donors (Lipinski definition) is 0. The Morgan fingerprint density at radius 3 is 1.11 bits per heavy atom. The van der Waals surface area contributed by atoms with Crippen molar-refractivity contribution in [3.63, 3.8) is 0 Å². The maximum Gasteiger partial charge on any atom is 0.0340 e. The van der Waals surface area contributed by atoms with E-state index in [1.807, 2.05) is 0 Å². The minimum absolute atomic E-state index is 0.00401. The number of rotatable bonds is 7. The van der Waals surface area contributed by atoms with E-state index in [-0.39, 0.29) is 5.92 Å². The molecular formula is C55H38. The van der Waals surface area contributed by atoms with Crippen molar-refractivity contribution in [3.05, 3.63) is 241 Å². The molecule has 10 aromatic rings. The molecule has 0 N–H and O–H groups in total. The minimum atomic E-state index is 0.00401. The SMILES string of the molecule is c1ccc(-c2ccc(-c3cc(-c4ccccc4)cc(C(c4ccc5ccccc5c4)c4ccc5ccc(-c6ccc7ccccc7c6)cc5c4)c3)cc2)cc1. The third-order valence-corrected chi connectivity index (χ3v) is 11.1. The lowest BCUT2D eigenvalue weighted by atomic mass is 9.81. The average molecular weight is 699 g/mol. The topological polar surface area (TPSA) is 0 Å². The second-order valence-corrected chi connectivity index (χ2v) is 14.6. The fraction of sp³-hybridized carbons (Fsp3) is 0.0182. The number of hydrogen-bond acceptors (Lipinski definition) is 0. The van der Waals surface area contributed by atoms with E-state index in [1.54, 1.807) is 0 Å². The highest BCUT2D eigenvalue weighted by atomic mass is 14.2. The first-order valence-corrected chi connectivity index (χ1v) is 19.1. The lowest BCUT2D eigenvalue weighted by Crippen LogP contribution is -2.05. The fourth-order valence-electron chi connectivity index (χ4n) is 8.23. The minimum Gasteiger partial charge on any atom is -0.0622 e. The highest BCUT2D eigenvalue weighted by Gasteiger charge is 2.20. The maximum absolute atomic E-state index is 2.42. The van der Waals surface area contributed by atoms with Crippen molar-refractivity contribution < 1.29 is 0 Å². The van der Waals surface area contributed by atoms with Crippen LogP contribution >= 0.6 is 0 Å². The molecule has 55 heavy (non-hydrogen) atoms. The number of fused-ring (bicyclic) bond motifs is 3. The zero-order valence-corrected chi connectivity index (χ0v) is 30.4.